The summed E-state index contributed by atoms with van der Waals surface area (Å²) in [6, 6.07) is 1.12. The van der Waals surface area contributed by atoms with Gasteiger partial charge in [0.25, 0.3) is 0 Å². The number of nitrogens with one attached hydrogen (secondary N) is 2. The largest absolute Gasteiger partial charge is 0.351 e. The molecule has 2 N–H and O–H groups in total. The van der Waals surface area contributed by atoms with Gasteiger partial charge in [0.1, 0.15) is 0 Å². The lowest BCUT2D eigenvalue weighted by atomic mass is 9.78. The number of hydrogen-bond donors (Lipinski definition) is 2. The Labute approximate surface area is 149 Å². The summed E-state index contributed by atoms with van der Waals surface area (Å²) in [6.45, 7) is 10.8. The number of piperidine rings is 2. The van der Waals surface area contributed by atoms with Crippen molar-refractivity contribution in [1.29, 1.82) is 0 Å². The number of aryl methyl sites for hydroxylation is 1. The molecule has 24 heavy (non-hydrogen) atoms. The molecular formula is C18H30N4OS. The van der Waals surface area contributed by atoms with Crippen molar-refractivity contribution in [2.45, 2.75) is 71.5 Å². The standard InChI is InChI=1S/C18H30N4OS/c1-12-11-24-17(19-12)22-9-7-13(8-10-22)20-14-5-6-15(23)21-16(14)18(2,3)4/h11,13-14,16,20H,5-10H2,1-4H3,(H,21,23)/t14-,16-/m1/s1. The van der Waals surface area contributed by atoms with E-state index in [1.807, 2.05) is 0 Å². The summed E-state index contributed by atoms with van der Waals surface area (Å²) >= 11 is 1.74. The Hall–Kier alpha value is -1.14. The minimum absolute atomic E-state index is 0.0763. The molecule has 2 saturated heterocycles. The van der Waals surface area contributed by atoms with E-state index in [4.69, 9.17) is 0 Å². The summed E-state index contributed by atoms with van der Waals surface area (Å²) in [5.41, 5.74) is 1.19. The van der Waals surface area contributed by atoms with Crippen molar-refractivity contribution in [3.8, 4) is 0 Å². The number of amides is 1. The van der Waals surface area contributed by atoms with Crippen LogP contribution in [-0.2, 0) is 4.79 Å². The fraction of sp³-hybridized carbons (Fsp3) is 0.778. The van der Waals surface area contributed by atoms with Gasteiger partial charge in [-0.25, -0.2) is 4.98 Å². The van der Waals surface area contributed by atoms with Crippen LogP contribution in [-0.4, -0.2) is 42.1 Å². The van der Waals surface area contributed by atoms with Crippen LogP contribution in [0, 0.1) is 12.3 Å². The molecule has 2 aliphatic heterocycles. The molecule has 0 bridgehead atoms. The van der Waals surface area contributed by atoms with E-state index in [0.717, 1.165) is 43.2 Å². The van der Waals surface area contributed by atoms with Crippen LogP contribution < -0.4 is 15.5 Å². The second-order valence-electron chi connectivity index (χ2n) is 8.26. The van der Waals surface area contributed by atoms with Crippen molar-refractivity contribution in [1.82, 2.24) is 15.6 Å². The van der Waals surface area contributed by atoms with E-state index in [2.05, 4.69) is 53.6 Å². The minimum atomic E-state index is 0.0763. The number of carbonyl (C=O) groups is 1. The number of nitrogens with zero attached hydrogens (tertiary/aromatic N) is 2. The zero-order chi connectivity index (χ0) is 17.3. The second-order valence-corrected chi connectivity index (χ2v) is 9.09. The highest BCUT2D eigenvalue weighted by Crippen LogP contribution is 2.29. The number of hydrogen-bond acceptors (Lipinski definition) is 5. The first-order chi connectivity index (χ1) is 11.3. The van der Waals surface area contributed by atoms with Gasteiger partial charge >= 0.3 is 0 Å². The maximum absolute atomic E-state index is 11.8. The summed E-state index contributed by atoms with van der Waals surface area (Å²) in [4.78, 5) is 18.8. The van der Waals surface area contributed by atoms with Crippen molar-refractivity contribution >= 4 is 22.4 Å². The third-order valence-electron chi connectivity index (χ3n) is 5.16. The molecule has 3 rings (SSSR count). The predicted molar refractivity (Wildman–Crippen MR) is 99.6 cm³/mol. The Morgan fingerprint density at radius 3 is 2.58 bits per heavy atom. The second kappa shape index (κ2) is 7.00. The van der Waals surface area contributed by atoms with Crippen LogP contribution in [0.4, 0.5) is 5.13 Å². The Balaban J connectivity index is 1.56. The highest BCUT2D eigenvalue weighted by atomic mass is 32.1. The molecule has 3 heterocycles. The van der Waals surface area contributed by atoms with Crippen LogP contribution in [0.1, 0.15) is 52.1 Å². The molecule has 6 heteroatoms. The average molecular weight is 351 g/mol. The van der Waals surface area contributed by atoms with Gasteiger partial charge in [-0.1, -0.05) is 20.8 Å². The van der Waals surface area contributed by atoms with Crippen LogP contribution in [0.5, 0.6) is 0 Å². The van der Waals surface area contributed by atoms with Gasteiger partial charge in [0.05, 0.1) is 5.69 Å². The topological polar surface area (TPSA) is 57.3 Å². The van der Waals surface area contributed by atoms with Gasteiger partial charge in [-0.05, 0) is 31.6 Å². The molecule has 2 fully saturated rings. The normalized spacial score (nSPS) is 26.5. The molecule has 0 saturated carbocycles. The number of anilines is 1. The van der Waals surface area contributed by atoms with Crippen LogP contribution in [0.15, 0.2) is 5.38 Å². The maximum atomic E-state index is 11.8. The number of carbonyl (C=O) groups excluding carboxylic acids is 1. The van der Waals surface area contributed by atoms with Gasteiger partial charge in [0, 0.05) is 43.0 Å². The third-order valence-corrected chi connectivity index (χ3v) is 6.18. The quantitative estimate of drug-likeness (QED) is 0.880. The van der Waals surface area contributed by atoms with Crippen LogP contribution >= 0.6 is 11.3 Å². The SMILES string of the molecule is Cc1csc(N2CCC(N[C@@H]3CCC(=O)N[C@H]3C(C)(C)C)CC2)n1. The summed E-state index contributed by atoms with van der Waals surface area (Å²) in [7, 11) is 0. The molecule has 0 radical (unpaired) electrons. The van der Waals surface area contributed by atoms with Crippen molar-refractivity contribution < 1.29 is 4.79 Å². The fourth-order valence-corrected chi connectivity index (χ4v) is 4.68. The highest BCUT2D eigenvalue weighted by Gasteiger charge is 2.38. The predicted octanol–water partition coefficient (Wildman–Crippen LogP) is 2.70. The molecule has 1 aromatic rings. The van der Waals surface area contributed by atoms with Gasteiger partial charge in [-0.3, -0.25) is 4.79 Å². The van der Waals surface area contributed by atoms with E-state index in [1.54, 1.807) is 11.3 Å². The summed E-state index contributed by atoms with van der Waals surface area (Å²) < 4.78 is 0. The molecule has 134 valence electrons. The van der Waals surface area contributed by atoms with Gasteiger partial charge in [-0.2, -0.15) is 0 Å². The Kier molecular flexibility index (Phi) is 5.16. The van der Waals surface area contributed by atoms with Crippen molar-refractivity contribution in [3.05, 3.63) is 11.1 Å². The van der Waals surface area contributed by atoms with Gasteiger partial charge in [0.2, 0.25) is 5.91 Å². The van der Waals surface area contributed by atoms with E-state index in [0.29, 0.717) is 18.5 Å². The molecule has 1 amide bonds. The first-order valence-corrected chi connectivity index (χ1v) is 9.93. The lowest BCUT2D eigenvalue weighted by Crippen LogP contribution is -2.61. The first kappa shape index (κ1) is 17.7. The zero-order valence-corrected chi connectivity index (χ0v) is 16.1. The molecule has 2 aliphatic rings. The lowest BCUT2D eigenvalue weighted by Gasteiger charge is -2.43. The van der Waals surface area contributed by atoms with Crippen LogP contribution in [0.25, 0.3) is 0 Å². The molecule has 0 spiro atoms. The van der Waals surface area contributed by atoms with Gasteiger partial charge in [0.15, 0.2) is 5.13 Å². The Bertz CT molecular complexity index is 572. The van der Waals surface area contributed by atoms with E-state index >= 15 is 0 Å². The fourth-order valence-electron chi connectivity index (χ4n) is 3.83. The van der Waals surface area contributed by atoms with Crippen molar-refractivity contribution in [2.24, 2.45) is 5.41 Å². The smallest absolute Gasteiger partial charge is 0.220 e. The van der Waals surface area contributed by atoms with E-state index in [1.165, 1.54) is 0 Å². The number of aromatic nitrogens is 1. The number of rotatable bonds is 3. The first-order valence-electron chi connectivity index (χ1n) is 9.05. The van der Waals surface area contributed by atoms with Gasteiger partial charge < -0.3 is 15.5 Å². The molecule has 1 aromatic heterocycles. The summed E-state index contributed by atoms with van der Waals surface area (Å²) in [5, 5.41) is 10.3. The zero-order valence-electron chi connectivity index (χ0n) is 15.3. The van der Waals surface area contributed by atoms with Crippen LogP contribution in [0.2, 0.25) is 0 Å². The number of thiazole rings is 1. The molecule has 0 unspecified atom stereocenters. The Morgan fingerprint density at radius 2 is 2.00 bits per heavy atom. The molecule has 0 aromatic carbocycles. The summed E-state index contributed by atoms with van der Waals surface area (Å²) in [6.07, 6.45) is 3.86. The maximum Gasteiger partial charge on any atom is 0.220 e. The third kappa shape index (κ3) is 4.09. The molecule has 5 nitrogen and oxygen atoms in total. The van der Waals surface area contributed by atoms with Crippen molar-refractivity contribution in [2.75, 3.05) is 18.0 Å². The lowest BCUT2D eigenvalue weighted by molar-refractivity contribution is -0.125. The van der Waals surface area contributed by atoms with E-state index < -0.39 is 0 Å². The van der Waals surface area contributed by atoms with E-state index in [-0.39, 0.29) is 17.4 Å². The highest BCUT2D eigenvalue weighted by molar-refractivity contribution is 7.13. The summed E-state index contributed by atoms with van der Waals surface area (Å²) in [5.74, 6) is 0.196. The Morgan fingerprint density at radius 1 is 1.29 bits per heavy atom. The molecule has 2 atom stereocenters. The average Bonchev–Trinajstić information content (AvgIpc) is 2.95. The monoisotopic (exact) mass is 350 g/mol. The van der Waals surface area contributed by atoms with Gasteiger partial charge in [-0.15, -0.1) is 11.3 Å². The minimum Gasteiger partial charge on any atom is -0.351 e. The molecular weight excluding hydrogens is 320 g/mol. The molecule has 0 aliphatic carbocycles. The van der Waals surface area contributed by atoms with Crippen LogP contribution in [0.3, 0.4) is 0 Å². The van der Waals surface area contributed by atoms with E-state index in [9.17, 15) is 4.79 Å². The van der Waals surface area contributed by atoms with Crippen molar-refractivity contribution in [3.63, 3.8) is 0 Å².